The minimum Gasteiger partial charge on any atom is -0.278 e. The summed E-state index contributed by atoms with van der Waals surface area (Å²) < 4.78 is 0. The normalized spacial score (nSPS) is 11.3. The van der Waals surface area contributed by atoms with Crippen molar-refractivity contribution < 1.29 is 4.84 Å². The molecule has 0 aromatic heterocycles. The number of hydrogen-bond acceptors (Lipinski definition) is 2. The van der Waals surface area contributed by atoms with Gasteiger partial charge in [0.25, 0.3) is 0 Å². The predicted molar refractivity (Wildman–Crippen MR) is 73.3 cm³/mol. The maximum Gasteiger partial charge on any atom is 0.152 e. The van der Waals surface area contributed by atoms with Gasteiger partial charge in [-0.05, 0) is 5.56 Å². The number of hydroxylamine groups is 1. The fraction of sp³-hybridized carbons (Fsp3) is 0.133. The standard InChI is InChI=1S/C15H16N2O/c1-18-17-15(14-10-6-3-7-11-14)16-12-13-8-4-2-5-9-13/h2-11H,12H2,1H3,(H,16,17). The molecule has 0 atom stereocenters. The first kappa shape index (κ1) is 12.3. The van der Waals surface area contributed by atoms with E-state index in [9.17, 15) is 0 Å². The highest BCUT2D eigenvalue weighted by molar-refractivity contribution is 5.98. The lowest BCUT2D eigenvalue weighted by Crippen LogP contribution is -2.23. The number of hydrogen-bond donors (Lipinski definition) is 1. The quantitative estimate of drug-likeness (QED) is 0.506. The molecule has 18 heavy (non-hydrogen) atoms. The summed E-state index contributed by atoms with van der Waals surface area (Å²) in [5.41, 5.74) is 5.00. The zero-order chi connectivity index (χ0) is 12.6. The van der Waals surface area contributed by atoms with Gasteiger partial charge in [0.2, 0.25) is 0 Å². The van der Waals surface area contributed by atoms with E-state index in [-0.39, 0.29) is 0 Å². The van der Waals surface area contributed by atoms with Crippen molar-refractivity contribution in [2.24, 2.45) is 4.99 Å². The first-order chi connectivity index (χ1) is 8.90. The number of amidine groups is 1. The third-order valence-corrected chi connectivity index (χ3v) is 2.51. The third kappa shape index (κ3) is 3.43. The zero-order valence-electron chi connectivity index (χ0n) is 10.3. The van der Waals surface area contributed by atoms with E-state index >= 15 is 0 Å². The molecule has 0 unspecified atom stereocenters. The Morgan fingerprint density at radius 2 is 1.61 bits per heavy atom. The van der Waals surface area contributed by atoms with Crippen LogP contribution in [0, 0.1) is 0 Å². The van der Waals surface area contributed by atoms with Gasteiger partial charge in [0.1, 0.15) is 0 Å². The van der Waals surface area contributed by atoms with Crippen molar-refractivity contribution in [3.63, 3.8) is 0 Å². The zero-order valence-corrected chi connectivity index (χ0v) is 10.3. The van der Waals surface area contributed by atoms with E-state index in [1.54, 1.807) is 7.11 Å². The van der Waals surface area contributed by atoms with Gasteiger partial charge >= 0.3 is 0 Å². The fourth-order valence-corrected chi connectivity index (χ4v) is 1.63. The van der Waals surface area contributed by atoms with Crippen LogP contribution in [0.3, 0.4) is 0 Å². The highest BCUT2D eigenvalue weighted by atomic mass is 16.6. The second-order valence-corrected chi connectivity index (χ2v) is 3.82. The molecule has 0 saturated carbocycles. The van der Waals surface area contributed by atoms with Gasteiger partial charge in [-0.15, -0.1) is 0 Å². The lowest BCUT2D eigenvalue weighted by atomic mass is 10.2. The van der Waals surface area contributed by atoms with Gasteiger partial charge in [-0.3, -0.25) is 9.83 Å². The average molecular weight is 240 g/mol. The summed E-state index contributed by atoms with van der Waals surface area (Å²) in [4.78, 5) is 9.50. The van der Waals surface area contributed by atoms with Gasteiger partial charge in [0.15, 0.2) is 5.84 Å². The number of rotatable bonds is 4. The van der Waals surface area contributed by atoms with Crippen molar-refractivity contribution in [3.8, 4) is 0 Å². The molecule has 1 N–H and O–H groups in total. The van der Waals surface area contributed by atoms with Crippen LogP contribution in [0.4, 0.5) is 0 Å². The topological polar surface area (TPSA) is 33.6 Å². The summed E-state index contributed by atoms with van der Waals surface area (Å²) in [6.07, 6.45) is 0. The van der Waals surface area contributed by atoms with Crippen LogP contribution in [0.25, 0.3) is 0 Å². The van der Waals surface area contributed by atoms with Crippen molar-refractivity contribution >= 4 is 5.84 Å². The van der Waals surface area contributed by atoms with Crippen molar-refractivity contribution in [1.82, 2.24) is 5.48 Å². The molecule has 0 saturated heterocycles. The second-order valence-electron chi connectivity index (χ2n) is 3.82. The molecule has 92 valence electrons. The van der Waals surface area contributed by atoms with Crippen LogP contribution in [0.2, 0.25) is 0 Å². The summed E-state index contributed by atoms with van der Waals surface area (Å²) in [6.45, 7) is 0.626. The molecule has 0 aliphatic heterocycles. The monoisotopic (exact) mass is 240 g/mol. The molecule has 0 aliphatic carbocycles. The maximum absolute atomic E-state index is 4.97. The Balaban J connectivity index is 2.15. The maximum atomic E-state index is 4.97. The van der Waals surface area contributed by atoms with Crippen LogP contribution < -0.4 is 5.48 Å². The largest absolute Gasteiger partial charge is 0.278 e. The minimum absolute atomic E-state index is 0.626. The fourth-order valence-electron chi connectivity index (χ4n) is 1.63. The summed E-state index contributed by atoms with van der Waals surface area (Å²) in [6, 6.07) is 20.1. The van der Waals surface area contributed by atoms with Gasteiger partial charge in [0.05, 0.1) is 13.7 Å². The average Bonchev–Trinajstić information content (AvgIpc) is 2.45. The number of aliphatic imine (C=N–C) groups is 1. The number of benzene rings is 2. The molecular weight excluding hydrogens is 224 g/mol. The van der Waals surface area contributed by atoms with Crippen LogP contribution in [-0.2, 0) is 11.4 Å². The van der Waals surface area contributed by atoms with E-state index in [2.05, 4.69) is 22.6 Å². The molecule has 0 spiro atoms. The Kier molecular flexibility index (Phi) is 4.50. The Morgan fingerprint density at radius 3 is 2.22 bits per heavy atom. The van der Waals surface area contributed by atoms with Crippen molar-refractivity contribution in [2.45, 2.75) is 6.54 Å². The van der Waals surface area contributed by atoms with Crippen molar-refractivity contribution in [3.05, 3.63) is 71.8 Å². The number of nitrogens with zero attached hydrogens (tertiary/aromatic N) is 1. The van der Waals surface area contributed by atoms with Crippen LogP contribution in [0.15, 0.2) is 65.7 Å². The van der Waals surface area contributed by atoms with Gasteiger partial charge in [-0.1, -0.05) is 60.7 Å². The van der Waals surface area contributed by atoms with Gasteiger partial charge in [-0.2, -0.15) is 0 Å². The molecule has 0 fully saturated rings. The van der Waals surface area contributed by atoms with E-state index in [1.165, 1.54) is 5.56 Å². The van der Waals surface area contributed by atoms with Crippen LogP contribution >= 0.6 is 0 Å². The Morgan fingerprint density at radius 1 is 1.00 bits per heavy atom. The second kappa shape index (κ2) is 6.57. The van der Waals surface area contributed by atoms with Crippen LogP contribution in [0.5, 0.6) is 0 Å². The summed E-state index contributed by atoms with van der Waals surface area (Å²) in [5, 5.41) is 0. The van der Waals surface area contributed by atoms with E-state index < -0.39 is 0 Å². The molecule has 3 heteroatoms. The van der Waals surface area contributed by atoms with Crippen molar-refractivity contribution in [2.75, 3.05) is 7.11 Å². The molecule has 2 aromatic rings. The van der Waals surface area contributed by atoms with E-state index in [4.69, 9.17) is 4.84 Å². The first-order valence-corrected chi connectivity index (χ1v) is 5.83. The Hall–Kier alpha value is -2.13. The first-order valence-electron chi connectivity index (χ1n) is 5.83. The van der Waals surface area contributed by atoms with E-state index in [0.717, 1.165) is 11.4 Å². The van der Waals surface area contributed by atoms with E-state index in [1.807, 2.05) is 48.5 Å². The molecule has 2 rings (SSSR count). The highest BCUT2D eigenvalue weighted by Crippen LogP contribution is 2.04. The molecule has 0 amide bonds. The number of nitrogens with one attached hydrogen (secondary N) is 1. The summed E-state index contributed by atoms with van der Waals surface area (Å²) >= 11 is 0. The molecule has 0 radical (unpaired) electrons. The van der Waals surface area contributed by atoms with Gasteiger partial charge < -0.3 is 0 Å². The summed E-state index contributed by atoms with van der Waals surface area (Å²) in [5.74, 6) is 0.738. The molecule has 0 heterocycles. The van der Waals surface area contributed by atoms with Gasteiger partial charge in [-0.25, -0.2) is 5.48 Å². The summed E-state index contributed by atoms with van der Waals surface area (Å²) in [7, 11) is 1.58. The predicted octanol–water partition coefficient (Wildman–Crippen LogP) is 2.78. The molecule has 0 bridgehead atoms. The molecule has 2 aromatic carbocycles. The minimum atomic E-state index is 0.626. The van der Waals surface area contributed by atoms with Crippen molar-refractivity contribution in [1.29, 1.82) is 0 Å². The van der Waals surface area contributed by atoms with Gasteiger partial charge in [0, 0.05) is 5.56 Å². The lowest BCUT2D eigenvalue weighted by molar-refractivity contribution is 0.144. The Bertz CT molecular complexity index is 494. The highest BCUT2D eigenvalue weighted by Gasteiger charge is 2.01. The van der Waals surface area contributed by atoms with Crippen LogP contribution in [-0.4, -0.2) is 12.9 Å². The smallest absolute Gasteiger partial charge is 0.152 e. The lowest BCUT2D eigenvalue weighted by Gasteiger charge is -2.07. The van der Waals surface area contributed by atoms with E-state index in [0.29, 0.717) is 6.54 Å². The Labute approximate surface area is 107 Å². The van der Waals surface area contributed by atoms with Crippen LogP contribution in [0.1, 0.15) is 11.1 Å². The molecular formula is C15H16N2O. The molecule has 3 nitrogen and oxygen atoms in total. The third-order valence-electron chi connectivity index (χ3n) is 2.51. The molecule has 0 aliphatic rings. The SMILES string of the molecule is CONC(=NCc1ccccc1)c1ccccc1.